The van der Waals surface area contributed by atoms with E-state index in [0.29, 0.717) is 0 Å². The fourth-order valence-electron chi connectivity index (χ4n) is 1.92. The normalized spacial score (nSPS) is 21.5. The van der Waals surface area contributed by atoms with E-state index in [4.69, 9.17) is 5.84 Å². The van der Waals surface area contributed by atoms with Crippen molar-refractivity contribution in [3.05, 3.63) is 0 Å². The highest BCUT2D eigenvalue weighted by Crippen LogP contribution is 2.21. The number of nitrogens with zero attached hydrogens (tertiary/aromatic N) is 1. The smallest absolute Gasteiger partial charge is 0.0131 e. The minimum absolute atomic E-state index is 0.969. The largest absolute Gasteiger partial charge is 0.269 e. The first-order valence-electron chi connectivity index (χ1n) is 5.32. The van der Waals surface area contributed by atoms with Gasteiger partial charge in [-0.2, -0.15) is 0 Å². The minimum atomic E-state index is 0.969. The van der Waals surface area contributed by atoms with Crippen LogP contribution in [0.1, 0.15) is 45.4 Å². The predicted octanol–water partition coefficient (Wildman–Crippen LogP) is 2.15. The second-order valence-corrected chi connectivity index (χ2v) is 3.98. The van der Waals surface area contributed by atoms with E-state index in [1.165, 1.54) is 38.5 Å². The zero-order valence-electron chi connectivity index (χ0n) is 8.26. The Morgan fingerprint density at radius 3 is 2.50 bits per heavy atom. The van der Waals surface area contributed by atoms with Gasteiger partial charge in [0.15, 0.2) is 0 Å². The second kappa shape index (κ2) is 5.55. The molecule has 0 bridgehead atoms. The Kier molecular flexibility index (Phi) is 4.62. The van der Waals surface area contributed by atoms with Crippen LogP contribution in [0.3, 0.4) is 0 Å². The highest BCUT2D eigenvalue weighted by atomic mass is 15.4. The molecule has 0 radical (unpaired) electrons. The van der Waals surface area contributed by atoms with Gasteiger partial charge in [-0.25, -0.2) is 5.01 Å². The van der Waals surface area contributed by atoms with Gasteiger partial charge >= 0.3 is 0 Å². The van der Waals surface area contributed by atoms with Gasteiger partial charge in [0.05, 0.1) is 0 Å². The maximum atomic E-state index is 5.69. The lowest BCUT2D eigenvalue weighted by Crippen LogP contribution is -2.38. The van der Waals surface area contributed by atoms with Crippen molar-refractivity contribution in [3.63, 3.8) is 0 Å². The average molecular weight is 170 g/mol. The molecule has 1 fully saturated rings. The summed E-state index contributed by atoms with van der Waals surface area (Å²) in [7, 11) is 0. The van der Waals surface area contributed by atoms with Crippen molar-refractivity contribution in [1.29, 1.82) is 0 Å². The Hall–Kier alpha value is -0.0800. The van der Waals surface area contributed by atoms with Gasteiger partial charge < -0.3 is 0 Å². The molecule has 1 heterocycles. The lowest BCUT2D eigenvalue weighted by atomic mass is 9.92. The average Bonchev–Trinajstić information content (AvgIpc) is 2.09. The summed E-state index contributed by atoms with van der Waals surface area (Å²) >= 11 is 0. The zero-order chi connectivity index (χ0) is 8.81. The molecule has 0 aromatic carbocycles. The molecule has 0 saturated carbocycles. The molecule has 0 aromatic heterocycles. The molecule has 0 aromatic rings. The number of nitrogens with two attached hydrogens (primary N) is 1. The first-order valence-corrected chi connectivity index (χ1v) is 5.32. The zero-order valence-corrected chi connectivity index (χ0v) is 8.26. The van der Waals surface area contributed by atoms with Crippen molar-refractivity contribution in [2.24, 2.45) is 11.8 Å². The van der Waals surface area contributed by atoms with Crippen molar-refractivity contribution >= 4 is 0 Å². The van der Waals surface area contributed by atoms with Gasteiger partial charge in [0.1, 0.15) is 0 Å². The second-order valence-electron chi connectivity index (χ2n) is 3.98. The molecular formula is C10H22N2. The minimum Gasteiger partial charge on any atom is -0.269 e. The third-order valence-electron chi connectivity index (χ3n) is 2.87. The van der Waals surface area contributed by atoms with Crippen molar-refractivity contribution in [2.75, 3.05) is 13.1 Å². The van der Waals surface area contributed by atoms with E-state index in [9.17, 15) is 0 Å². The van der Waals surface area contributed by atoms with Gasteiger partial charge in [-0.15, -0.1) is 0 Å². The summed E-state index contributed by atoms with van der Waals surface area (Å²) in [6.07, 6.45) is 8.24. The van der Waals surface area contributed by atoms with E-state index in [1.807, 2.05) is 5.01 Å². The Morgan fingerprint density at radius 2 is 1.92 bits per heavy atom. The molecule has 2 heteroatoms. The highest BCUT2D eigenvalue weighted by molar-refractivity contribution is 4.68. The summed E-state index contributed by atoms with van der Waals surface area (Å²) in [5.74, 6) is 6.65. The van der Waals surface area contributed by atoms with Crippen LogP contribution in [-0.2, 0) is 0 Å². The van der Waals surface area contributed by atoms with Crippen LogP contribution in [0.5, 0.6) is 0 Å². The fraction of sp³-hybridized carbons (Fsp3) is 1.00. The summed E-state index contributed by atoms with van der Waals surface area (Å²) < 4.78 is 0. The number of rotatable bonds is 4. The topological polar surface area (TPSA) is 29.3 Å². The maximum Gasteiger partial charge on any atom is 0.0131 e. The first kappa shape index (κ1) is 10.0. The summed E-state index contributed by atoms with van der Waals surface area (Å²) in [6, 6.07) is 0. The lowest BCUT2D eigenvalue weighted by Gasteiger charge is -2.28. The Morgan fingerprint density at radius 1 is 1.25 bits per heavy atom. The van der Waals surface area contributed by atoms with E-state index >= 15 is 0 Å². The molecule has 0 unspecified atom stereocenters. The third kappa shape index (κ3) is 3.55. The molecule has 1 rings (SSSR count). The Balaban J connectivity index is 2.01. The molecule has 12 heavy (non-hydrogen) atoms. The molecule has 72 valence electrons. The summed E-state index contributed by atoms with van der Waals surface area (Å²) in [5.41, 5.74) is 0. The molecule has 0 spiro atoms. The fourth-order valence-corrected chi connectivity index (χ4v) is 1.92. The maximum absolute atomic E-state index is 5.69. The van der Waals surface area contributed by atoms with Crippen LogP contribution in [0.25, 0.3) is 0 Å². The van der Waals surface area contributed by atoms with Gasteiger partial charge in [0, 0.05) is 13.1 Å². The molecule has 2 N–H and O–H groups in total. The lowest BCUT2D eigenvalue weighted by molar-refractivity contribution is 0.180. The van der Waals surface area contributed by atoms with Crippen LogP contribution in [0.2, 0.25) is 0 Å². The highest BCUT2D eigenvalue weighted by Gasteiger charge is 2.15. The Bertz CT molecular complexity index is 106. The van der Waals surface area contributed by atoms with Gasteiger partial charge in [-0.05, 0) is 18.8 Å². The first-order chi connectivity index (χ1) is 5.83. The summed E-state index contributed by atoms with van der Waals surface area (Å²) in [5, 5.41) is 1.95. The molecule has 2 nitrogen and oxygen atoms in total. The standard InChI is InChI=1S/C10H22N2/c1-2-3-4-5-10-6-8-12(11)9-7-10/h10H,2-9,11H2,1H3. The molecule has 0 aliphatic carbocycles. The molecule has 0 amide bonds. The number of hydrogen-bond acceptors (Lipinski definition) is 2. The molecular weight excluding hydrogens is 148 g/mol. The number of piperidine rings is 1. The monoisotopic (exact) mass is 170 g/mol. The van der Waals surface area contributed by atoms with Crippen LogP contribution >= 0.6 is 0 Å². The van der Waals surface area contributed by atoms with Crippen molar-refractivity contribution in [2.45, 2.75) is 45.4 Å². The molecule has 1 aliphatic rings. The molecule has 0 atom stereocenters. The number of unbranched alkanes of at least 4 members (excludes halogenated alkanes) is 2. The number of hydrazine groups is 1. The van der Waals surface area contributed by atoms with Crippen LogP contribution in [-0.4, -0.2) is 18.1 Å². The van der Waals surface area contributed by atoms with Gasteiger partial charge in [-0.1, -0.05) is 32.6 Å². The summed E-state index contributed by atoms with van der Waals surface area (Å²) in [4.78, 5) is 0. The van der Waals surface area contributed by atoms with Crippen molar-refractivity contribution in [1.82, 2.24) is 5.01 Å². The third-order valence-corrected chi connectivity index (χ3v) is 2.87. The van der Waals surface area contributed by atoms with E-state index < -0.39 is 0 Å². The van der Waals surface area contributed by atoms with Crippen LogP contribution < -0.4 is 5.84 Å². The van der Waals surface area contributed by atoms with Crippen molar-refractivity contribution < 1.29 is 0 Å². The van der Waals surface area contributed by atoms with E-state index in [0.717, 1.165) is 19.0 Å². The Labute approximate surface area is 76.1 Å². The van der Waals surface area contributed by atoms with Crippen LogP contribution in [0.15, 0.2) is 0 Å². The van der Waals surface area contributed by atoms with Gasteiger partial charge in [0.25, 0.3) is 0 Å². The van der Waals surface area contributed by atoms with Crippen LogP contribution in [0.4, 0.5) is 0 Å². The van der Waals surface area contributed by atoms with Gasteiger partial charge in [0.2, 0.25) is 0 Å². The van der Waals surface area contributed by atoms with E-state index in [-0.39, 0.29) is 0 Å². The van der Waals surface area contributed by atoms with Gasteiger partial charge in [-0.3, -0.25) is 5.84 Å². The quantitative estimate of drug-likeness (QED) is 0.517. The molecule has 1 saturated heterocycles. The summed E-state index contributed by atoms with van der Waals surface area (Å²) in [6.45, 7) is 4.48. The van der Waals surface area contributed by atoms with Crippen molar-refractivity contribution in [3.8, 4) is 0 Å². The molecule has 1 aliphatic heterocycles. The van der Waals surface area contributed by atoms with E-state index in [1.54, 1.807) is 0 Å². The predicted molar refractivity (Wildman–Crippen MR) is 52.6 cm³/mol. The SMILES string of the molecule is CCCCCC1CCN(N)CC1. The van der Waals surface area contributed by atoms with E-state index in [2.05, 4.69) is 6.92 Å². The van der Waals surface area contributed by atoms with Crippen LogP contribution in [0, 0.1) is 5.92 Å². The number of hydrogen-bond donors (Lipinski definition) is 1.